The van der Waals surface area contributed by atoms with Gasteiger partial charge in [0.25, 0.3) is 0 Å². The number of nitrogens with one attached hydrogen (secondary N) is 2. The Labute approximate surface area is 138 Å². The van der Waals surface area contributed by atoms with Gasteiger partial charge in [-0.2, -0.15) is 0 Å². The van der Waals surface area contributed by atoms with Gasteiger partial charge in [-0.25, -0.2) is 0 Å². The number of likely N-dealkylation sites (tertiary alicyclic amines) is 1. The molecule has 2 aliphatic heterocycles. The second-order valence-corrected chi connectivity index (χ2v) is 7.02. The zero-order valence-electron chi connectivity index (χ0n) is 14.1. The summed E-state index contributed by atoms with van der Waals surface area (Å²) in [5.74, 6) is 0.815. The monoisotopic (exact) mass is 323 g/mol. The minimum Gasteiger partial charge on any atom is -0.378 e. The predicted octanol–water partition coefficient (Wildman–Crippen LogP) is 0.518. The molecule has 0 aromatic heterocycles. The lowest BCUT2D eigenvalue weighted by Crippen LogP contribution is -2.47. The van der Waals surface area contributed by atoms with Crippen LogP contribution in [0.5, 0.6) is 0 Å². The smallest absolute Gasteiger partial charge is 0.237 e. The van der Waals surface area contributed by atoms with Crippen LogP contribution in [0.1, 0.15) is 39.0 Å². The highest BCUT2D eigenvalue weighted by Crippen LogP contribution is 2.36. The van der Waals surface area contributed by atoms with Crippen LogP contribution in [0, 0.1) is 11.8 Å². The molecule has 6 heteroatoms. The highest BCUT2D eigenvalue weighted by atomic mass is 16.5. The largest absolute Gasteiger partial charge is 0.378 e. The average Bonchev–Trinajstić information content (AvgIpc) is 3.11. The number of nitrogens with zero attached hydrogens (tertiary/aromatic N) is 1. The topological polar surface area (TPSA) is 70.7 Å². The van der Waals surface area contributed by atoms with Gasteiger partial charge in [0, 0.05) is 26.2 Å². The van der Waals surface area contributed by atoms with Crippen LogP contribution in [-0.2, 0) is 14.3 Å². The average molecular weight is 323 g/mol. The van der Waals surface area contributed by atoms with Crippen molar-refractivity contribution in [2.45, 2.75) is 51.2 Å². The number of rotatable bonds is 6. The van der Waals surface area contributed by atoms with Crippen molar-refractivity contribution in [2.75, 3.05) is 32.8 Å². The fraction of sp³-hybridized carbons (Fsp3) is 0.882. The molecule has 3 rings (SSSR count). The van der Waals surface area contributed by atoms with E-state index >= 15 is 0 Å². The molecule has 130 valence electrons. The van der Waals surface area contributed by atoms with Crippen molar-refractivity contribution in [3.8, 4) is 0 Å². The minimum atomic E-state index is -0.0188. The standard InChI is InChI=1S/C17H29N3O3/c1-2-23-15-9-13(15)17(22)20-8-4-5-12(11-20)10-19-16(21)14-6-3-7-18-14/h12-15,18H,2-11H2,1H3,(H,19,21). The Morgan fingerprint density at radius 1 is 1.30 bits per heavy atom. The van der Waals surface area contributed by atoms with Crippen LogP contribution in [0.3, 0.4) is 0 Å². The zero-order chi connectivity index (χ0) is 16.2. The Hall–Kier alpha value is -1.14. The van der Waals surface area contributed by atoms with Crippen molar-refractivity contribution >= 4 is 11.8 Å². The number of carbonyl (C=O) groups excluding carboxylic acids is 2. The summed E-state index contributed by atoms with van der Waals surface area (Å²) < 4.78 is 5.53. The molecule has 3 aliphatic rings. The summed E-state index contributed by atoms with van der Waals surface area (Å²) in [6.45, 7) is 5.89. The Morgan fingerprint density at radius 3 is 2.91 bits per heavy atom. The molecule has 0 spiro atoms. The first-order valence-electron chi connectivity index (χ1n) is 9.10. The van der Waals surface area contributed by atoms with Crippen LogP contribution in [0.2, 0.25) is 0 Å². The molecule has 2 heterocycles. The van der Waals surface area contributed by atoms with E-state index in [4.69, 9.17) is 4.74 Å². The van der Waals surface area contributed by atoms with Crippen LogP contribution in [-0.4, -0.2) is 61.6 Å². The Morgan fingerprint density at radius 2 is 2.17 bits per heavy atom. The SMILES string of the molecule is CCOC1CC1C(=O)N1CCCC(CNC(=O)C2CCCN2)C1. The van der Waals surface area contributed by atoms with E-state index < -0.39 is 0 Å². The maximum Gasteiger partial charge on any atom is 0.237 e. The molecular weight excluding hydrogens is 294 g/mol. The number of carbonyl (C=O) groups is 2. The van der Waals surface area contributed by atoms with Crippen molar-refractivity contribution in [2.24, 2.45) is 11.8 Å². The molecule has 23 heavy (non-hydrogen) atoms. The van der Waals surface area contributed by atoms with E-state index in [-0.39, 0.29) is 29.9 Å². The van der Waals surface area contributed by atoms with Crippen molar-refractivity contribution in [1.82, 2.24) is 15.5 Å². The Kier molecular flexibility index (Phi) is 5.54. The van der Waals surface area contributed by atoms with E-state index in [0.717, 1.165) is 51.7 Å². The van der Waals surface area contributed by atoms with E-state index in [0.29, 0.717) is 19.1 Å². The van der Waals surface area contributed by atoms with Crippen LogP contribution < -0.4 is 10.6 Å². The van der Waals surface area contributed by atoms with Crippen LogP contribution in [0.15, 0.2) is 0 Å². The van der Waals surface area contributed by atoms with E-state index in [1.165, 1.54) is 0 Å². The number of piperidine rings is 1. The van der Waals surface area contributed by atoms with Gasteiger partial charge >= 0.3 is 0 Å². The van der Waals surface area contributed by atoms with Crippen molar-refractivity contribution in [3.05, 3.63) is 0 Å². The van der Waals surface area contributed by atoms with E-state index in [2.05, 4.69) is 10.6 Å². The molecule has 6 nitrogen and oxygen atoms in total. The lowest BCUT2D eigenvalue weighted by atomic mass is 9.97. The first-order chi connectivity index (χ1) is 11.2. The molecule has 0 bridgehead atoms. The van der Waals surface area contributed by atoms with Crippen molar-refractivity contribution < 1.29 is 14.3 Å². The molecule has 1 aliphatic carbocycles. The van der Waals surface area contributed by atoms with E-state index in [1.54, 1.807) is 0 Å². The summed E-state index contributed by atoms with van der Waals surface area (Å²) >= 11 is 0. The molecule has 0 aromatic carbocycles. The summed E-state index contributed by atoms with van der Waals surface area (Å²) in [7, 11) is 0. The van der Waals surface area contributed by atoms with Gasteiger partial charge < -0.3 is 20.3 Å². The first kappa shape index (κ1) is 16.7. The van der Waals surface area contributed by atoms with Gasteiger partial charge in [0.05, 0.1) is 18.1 Å². The summed E-state index contributed by atoms with van der Waals surface area (Å²) in [6, 6.07) is -0.0188. The molecule has 2 N–H and O–H groups in total. The zero-order valence-corrected chi connectivity index (χ0v) is 14.1. The van der Waals surface area contributed by atoms with Gasteiger partial charge in [0.15, 0.2) is 0 Å². The van der Waals surface area contributed by atoms with Gasteiger partial charge in [0.2, 0.25) is 11.8 Å². The van der Waals surface area contributed by atoms with Crippen LogP contribution in [0.4, 0.5) is 0 Å². The minimum absolute atomic E-state index is 0.0188. The predicted molar refractivity (Wildman–Crippen MR) is 86.9 cm³/mol. The molecule has 2 amide bonds. The highest BCUT2D eigenvalue weighted by molar-refractivity contribution is 5.83. The molecular formula is C17H29N3O3. The lowest BCUT2D eigenvalue weighted by molar-refractivity contribution is -0.135. The molecule has 4 atom stereocenters. The van der Waals surface area contributed by atoms with E-state index in [9.17, 15) is 9.59 Å². The molecule has 0 radical (unpaired) electrons. The maximum atomic E-state index is 12.5. The molecule has 3 fully saturated rings. The summed E-state index contributed by atoms with van der Waals surface area (Å²) in [6.07, 6.45) is 5.13. The number of amides is 2. The Bertz CT molecular complexity index is 437. The van der Waals surface area contributed by atoms with Gasteiger partial charge in [-0.3, -0.25) is 9.59 Å². The quantitative estimate of drug-likeness (QED) is 0.747. The second-order valence-electron chi connectivity index (χ2n) is 7.02. The Balaban J connectivity index is 1.41. The summed E-state index contributed by atoms with van der Waals surface area (Å²) in [5, 5.41) is 6.28. The molecule has 4 unspecified atom stereocenters. The maximum absolute atomic E-state index is 12.5. The molecule has 2 saturated heterocycles. The fourth-order valence-electron chi connectivity index (χ4n) is 3.77. The van der Waals surface area contributed by atoms with Crippen molar-refractivity contribution in [1.29, 1.82) is 0 Å². The molecule has 0 aromatic rings. The third-order valence-corrected chi connectivity index (χ3v) is 5.20. The number of hydrogen-bond acceptors (Lipinski definition) is 4. The third-order valence-electron chi connectivity index (χ3n) is 5.20. The van der Waals surface area contributed by atoms with Gasteiger partial charge in [-0.15, -0.1) is 0 Å². The summed E-state index contributed by atoms with van der Waals surface area (Å²) in [5.41, 5.74) is 0. The van der Waals surface area contributed by atoms with Crippen LogP contribution >= 0.6 is 0 Å². The van der Waals surface area contributed by atoms with Gasteiger partial charge in [0.1, 0.15) is 0 Å². The number of hydrogen-bond donors (Lipinski definition) is 2. The van der Waals surface area contributed by atoms with E-state index in [1.807, 2.05) is 11.8 Å². The first-order valence-corrected chi connectivity index (χ1v) is 9.10. The fourth-order valence-corrected chi connectivity index (χ4v) is 3.77. The van der Waals surface area contributed by atoms with Crippen molar-refractivity contribution in [3.63, 3.8) is 0 Å². The van der Waals surface area contributed by atoms with Crippen LogP contribution in [0.25, 0.3) is 0 Å². The normalized spacial score (nSPS) is 33.5. The van der Waals surface area contributed by atoms with Gasteiger partial charge in [-0.05, 0) is 51.5 Å². The summed E-state index contributed by atoms with van der Waals surface area (Å²) in [4.78, 5) is 26.5. The number of ether oxygens (including phenoxy) is 1. The second kappa shape index (κ2) is 7.62. The lowest BCUT2D eigenvalue weighted by Gasteiger charge is -2.33. The highest BCUT2D eigenvalue weighted by Gasteiger charge is 2.46. The third kappa shape index (κ3) is 4.23. The van der Waals surface area contributed by atoms with Gasteiger partial charge in [-0.1, -0.05) is 0 Å². The molecule has 1 saturated carbocycles.